The molecule has 7 nitrogen and oxygen atoms in total. The quantitative estimate of drug-likeness (QED) is 0.797. The van der Waals surface area contributed by atoms with Crippen molar-refractivity contribution in [3.63, 3.8) is 0 Å². The topological polar surface area (TPSA) is 57.6 Å². The molecule has 0 amide bonds. The highest BCUT2D eigenvalue weighted by Gasteiger charge is 2.21. The van der Waals surface area contributed by atoms with Crippen LogP contribution in [0.4, 0.5) is 20.4 Å². The highest BCUT2D eigenvalue weighted by atomic mass is 19.1. The van der Waals surface area contributed by atoms with Gasteiger partial charge >= 0.3 is 0 Å². The van der Waals surface area contributed by atoms with Crippen LogP contribution in [-0.2, 0) is 11.3 Å². The highest BCUT2D eigenvalue weighted by molar-refractivity contribution is 5.45. The van der Waals surface area contributed by atoms with Gasteiger partial charge < -0.3 is 14.5 Å². The molecule has 0 bridgehead atoms. The van der Waals surface area contributed by atoms with Crippen molar-refractivity contribution in [1.82, 2.24) is 20.1 Å². The Kier molecular flexibility index (Phi) is 5.40. The van der Waals surface area contributed by atoms with Crippen molar-refractivity contribution in [2.45, 2.75) is 6.54 Å². The minimum absolute atomic E-state index is 0.0769. The lowest BCUT2D eigenvalue weighted by Gasteiger charge is -2.35. The van der Waals surface area contributed by atoms with Gasteiger partial charge in [-0.05, 0) is 12.1 Å². The summed E-state index contributed by atoms with van der Waals surface area (Å²) < 4.78 is 32.9. The van der Waals surface area contributed by atoms with Crippen LogP contribution in [0.3, 0.4) is 0 Å². The van der Waals surface area contributed by atoms with Crippen molar-refractivity contribution in [3.8, 4) is 0 Å². The second kappa shape index (κ2) is 8.10. The van der Waals surface area contributed by atoms with Crippen LogP contribution in [0.25, 0.3) is 0 Å². The smallest absolute Gasteiger partial charge is 0.151 e. The van der Waals surface area contributed by atoms with Gasteiger partial charge in [-0.1, -0.05) is 0 Å². The van der Waals surface area contributed by atoms with Crippen LogP contribution in [0.2, 0.25) is 0 Å². The molecule has 2 fully saturated rings. The Bertz CT molecular complexity index is 741. The Balaban J connectivity index is 1.33. The van der Waals surface area contributed by atoms with E-state index < -0.39 is 11.6 Å². The monoisotopic (exact) mass is 376 g/mol. The van der Waals surface area contributed by atoms with Crippen LogP contribution < -0.4 is 9.80 Å². The molecule has 0 aliphatic carbocycles. The molecule has 2 saturated heterocycles. The van der Waals surface area contributed by atoms with E-state index in [0.717, 1.165) is 50.2 Å². The second-order valence-corrected chi connectivity index (χ2v) is 6.69. The number of piperazine rings is 1. The molecule has 2 aromatic heterocycles. The van der Waals surface area contributed by atoms with Crippen molar-refractivity contribution >= 4 is 11.6 Å². The Morgan fingerprint density at radius 1 is 0.815 bits per heavy atom. The van der Waals surface area contributed by atoms with Crippen LogP contribution in [0, 0.1) is 11.6 Å². The number of ether oxygens (including phenoxy) is 1. The van der Waals surface area contributed by atoms with Gasteiger partial charge in [-0.3, -0.25) is 9.88 Å². The number of hydrogen-bond acceptors (Lipinski definition) is 7. The van der Waals surface area contributed by atoms with Crippen molar-refractivity contribution in [2.75, 3.05) is 62.3 Å². The minimum Gasteiger partial charge on any atom is -0.378 e. The molecule has 2 aromatic rings. The summed E-state index contributed by atoms with van der Waals surface area (Å²) in [5, 5.41) is 8.71. The second-order valence-electron chi connectivity index (χ2n) is 6.69. The third kappa shape index (κ3) is 4.14. The Labute approximate surface area is 156 Å². The first-order valence-corrected chi connectivity index (χ1v) is 9.12. The third-order valence-electron chi connectivity index (χ3n) is 5.00. The maximum atomic E-state index is 13.8. The fourth-order valence-electron chi connectivity index (χ4n) is 3.40. The molecule has 9 heteroatoms. The van der Waals surface area contributed by atoms with E-state index in [1.807, 2.05) is 17.0 Å². The molecule has 2 aliphatic heterocycles. The normalized spacial score (nSPS) is 18.7. The average molecular weight is 376 g/mol. The summed E-state index contributed by atoms with van der Waals surface area (Å²) in [5.74, 6) is 0.501. The molecule has 0 saturated carbocycles. The lowest BCUT2D eigenvalue weighted by atomic mass is 10.2. The lowest BCUT2D eigenvalue weighted by Crippen LogP contribution is -2.46. The van der Waals surface area contributed by atoms with Crippen LogP contribution in [0.5, 0.6) is 0 Å². The average Bonchev–Trinajstić information content (AvgIpc) is 2.72. The van der Waals surface area contributed by atoms with Crippen LogP contribution in [0.15, 0.2) is 24.5 Å². The standard InChI is InChI=1S/C18H22F2N6O/c19-15-11-21-12-16(20)14(15)13-24-3-5-25(6-4-24)17-1-2-18(23-22-17)26-7-9-27-10-8-26/h1-2,11-12H,3-10,13H2. The van der Waals surface area contributed by atoms with E-state index in [-0.39, 0.29) is 12.1 Å². The summed E-state index contributed by atoms with van der Waals surface area (Å²) >= 11 is 0. The fraction of sp³-hybridized carbons (Fsp3) is 0.500. The van der Waals surface area contributed by atoms with E-state index in [1.54, 1.807) is 0 Å². The summed E-state index contributed by atoms with van der Waals surface area (Å²) in [7, 11) is 0. The number of aromatic nitrogens is 3. The number of nitrogens with zero attached hydrogens (tertiary/aromatic N) is 6. The summed E-state index contributed by atoms with van der Waals surface area (Å²) in [5.41, 5.74) is 0.0769. The van der Waals surface area contributed by atoms with Gasteiger partial charge in [0.25, 0.3) is 0 Å². The van der Waals surface area contributed by atoms with E-state index in [2.05, 4.69) is 25.0 Å². The van der Waals surface area contributed by atoms with E-state index in [1.165, 1.54) is 0 Å². The fourth-order valence-corrected chi connectivity index (χ4v) is 3.40. The van der Waals surface area contributed by atoms with Gasteiger partial charge in [0.2, 0.25) is 0 Å². The largest absolute Gasteiger partial charge is 0.378 e. The summed E-state index contributed by atoms with van der Waals surface area (Å²) in [6.07, 6.45) is 2.11. The first-order chi connectivity index (χ1) is 13.2. The summed E-state index contributed by atoms with van der Waals surface area (Å²) in [6, 6.07) is 3.97. The summed E-state index contributed by atoms with van der Waals surface area (Å²) in [4.78, 5) is 9.87. The van der Waals surface area contributed by atoms with E-state index in [0.29, 0.717) is 26.3 Å². The van der Waals surface area contributed by atoms with Crippen LogP contribution in [0.1, 0.15) is 5.56 Å². The van der Waals surface area contributed by atoms with Gasteiger partial charge in [0.1, 0.15) is 11.6 Å². The maximum Gasteiger partial charge on any atom is 0.151 e. The zero-order valence-corrected chi connectivity index (χ0v) is 15.0. The molecule has 144 valence electrons. The number of rotatable bonds is 4. The van der Waals surface area contributed by atoms with Gasteiger partial charge in [0.15, 0.2) is 11.6 Å². The van der Waals surface area contributed by atoms with Gasteiger partial charge in [-0.25, -0.2) is 8.78 Å². The molecule has 0 radical (unpaired) electrons. The molecule has 0 N–H and O–H groups in total. The number of halogens is 2. The molecule has 2 aliphatic rings. The van der Waals surface area contributed by atoms with Crippen molar-refractivity contribution < 1.29 is 13.5 Å². The zero-order chi connectivity index (χ0) is 18.6. The van der Waals surface area contributed by atoms with E-state index >= 15 is 0 Å². The molecule has 4 heterocycles. The Morgan fingerprint density at radius 2 is 1.37 bits per heavy atom. The Hall–Kier alpha value is -2.39. The number of anilines is 2. The predicted molar refractivity (Wildman–Crippen MR) is 96.7 cm³/mol. The maximum absolute atomic E-state index is 13.8. The molecule has 0 atom stereocenters. The molecule has 27 heavy (non-hydrogen) atoms. The lowest BCUT2D eigenvalue weighted by molar-refractivity contribution is 0.122. The van der Waals surface area contributed by atoms with Crippen molar-refractivity contribution in [1.29, 1.82) is 0 Å². The molecular formula is C18H22F2N6O. The number of morpholine rings is 1. The Morgan fingerprint density at radius 3 is 1.93 bits per heavy atom. The van der Waals surface area contributed by atoms with E-state index in [4.69, 9.17) is 4.74 Å². The number of hydrogen-bond donors (Lipinski definition) is 0. The molecule has 0 aromatic carbocycles. The highest BCUT2D eigenvalue weighted by Crippen LogP contribution is 2.19. The third-order valence-corrected chi connectivity index (χ3v) is 5.00. The first kappa shape index (κ1) is 18.0. The predicted octanol–water partition coefficient (Wildman–Crippen LogP) is 1.31. The van der Waals surface area contributed by atoms with E-state index in [9.17, 15) is 8.78 Å². The van der Waals surface area contributed by atoms with Crippen LogP contribution >= 0.6 is 0 Å². The zero-order valence-electron chi connectivity index (χ0n) is 15.0. The SMILES string of the molecule is Fc1cncc(F)c1CN1CCN(c2ccc(N3CCOCC3)nn2)CC1. The minimum atomic E-state index is -0.595. The van der Waals surface area contributed by atoms with Crippen molar-refractivity contribution in [3.05, 3.63) is 41.7 Å². The van der Waals surface area contributed by atoms with Gasteiger partial charge in [-0.2, -0.15) is 0 Å². The molecule has 0 unspecified atom stereocenters. The molecule has 0 spiro atoms. The van der Waals surface area contributed by atoms with Gasteiger partial charge in [0, 0.05) is 51.4 Å². The van der Waals surface area contributed by atoms with Crippen LogP contribution in [-0.4, -0.2) is 72.6 Å². The molecule has 4 rings (SSSR count). The molecular weight excluding hydrogens is 354 g/mol. The summed E-state index contributed by atoms with van der Waals surface area (Å²) in [6.45, 7) is 6.20. The van der Waals surface area contributed by atoms with Gasteiger partial charge in [-0.15, -0.1) is 10.2 Å². The first-order valence-electron chi connectivity index (χ1n) is 9.12. The number of pyridine rings is 1. The van der Waals surface area contributed by atoms with Gasteiger partial charge in [0.05, 0.1) is 25.6 Å². The van der Waals surface area contributed by atoms with Crippen molar-refractivity contribution in [2.24, 2.45) is 0 Å².